The summed E-state index contributed by atoms with van der Waals surface area (Å²) in [7, 11) is 0. The van der Waals surface area contributed by atoms with E-state index in [2.05, 4.69) is 39.8 Å². The molecule has 0 saturated carbocycles. The van der Waals surface area contributed by atoms with E-state index in [1.165, 1.54) is 10.2 Å². The standard InChI is InChI=1S/C22H19Cl2N5O2/c1-15-5-7-16(8-6-15)12-29-13-17(11-25-29)26-22(30)20-9-10-28(27-20)14-31-21-18(23)3-2-4-19(21)24/h2-11,13H,12,14H2,1H3,(H,26,30). The Labute approximate surface area is 189 Å². The molecule has 4 aromatic rings. The van der Waals surface area contributed by atoms with Gasteiger partial charge in [-0.3, -0.25) is 9.48 Å². The Balaban J connectivity index is 1.35. The van der Waals surface area contributed by atoms with Crippen molar-refractivity contribution in [1.29, 1.82) is 0 Å². The van der Waals surface area contributed by atoms with Gasteiger partial charge in [-0.2, -0.15) is 10.2 Å². The van der Waals surface area contributed by atoms with E-state index in [9.17, 15) is 4.79 Å². The summed E-state index contributed by atoms with van der Waals surface area (Å²) in [4.78, 5) is 12.5. The van der Waals surface area contributed by atoms with Gasteiger partial charge in [0.25, 0.3) is 5.91 Å². The summed E-state index contributed by atoms with van der Waals surface area (Å²) in [5.74, 6) is 0.0257. The van der Waals surface area contributed by atoms with Gasteiger partial charge >= 0.3 is 0 Å². The maximum Gasteiger partial charge on any atom is 0.276 e. The van der Waals surface area contributed by atoms with Gasteiger partial charge in [0.1, 0.15) is 0 Å². The predicted molar refractivity (Wildman–Crippen MR) is 120 cm³/mol. The fraction of sp³-hybridized carbons (Fsp3) is 0.136. The maximum atomic E-state index is 12.5. The number of anilines is 1. The van der Waals surface area contributed by atoms with Gasteiger partial charge in [-0.15, -0.1) is 0 Å². The lowest BCUT2D eigenvalue weighted by Gasteiger charge is -2.09. The molecule has 0 atom stereocenters. The summed E-state index contributed by atoms with van der Waals surface area (Å²) in [6, 6.07) is 14.9. The molecule has 0 aliphatic rings. The molecule has 1 N–H and O–H groups in total. The number of aromatic nitrogens is 4. The highest BCUT2D eigenvalue weighted by Gasteiger charge is 2.12. The number of amides is 1. The van der Waals surface area contributed by atoms with Gasteiger partial charge in [0.05, 0.1) is 28.5 Å². The molecular weight excluding hydrogens is 437 g/mol. The molecule has 0 aliphatic carbocycles. The number of carbonyl (C=O) groups is 1. The van der Waals surface area contributed by atoms with Crippen molar-refractivity contribution < 1.29 is 9.53 Å². The molecule has 31 heavy (non-hydrogen) atoms. The minimum Gasteiger partial charge on any atom is -0.468 e. The third-order valence-electron chi connectivity index (χ3n) is 4.49. The number of para-hydroxylation sites is 1. The van der Waals surface area contributed by atoms with Gasteiger partial charge in [0, 0.05) is 12.4 Å². The van der Waals surface area contributed by atoms with E-state index >= 15 is 0 Å². The summed E-state index contributed by atoms with van der Waals surface area (Å²) in [5, 5.41) is 12.1. The lowest BCUT2D eigenvalue weighted by molar-refractivity contribution is 0.102. The highest BCUT2D eigenvalue weighted by molar-refractivity contribution is 6.37. The monoisotopic (exact) mass is 455 g/mol. The van der Waals surface area contributed by atoms with Crippen LogP contribution in [0.2, 0.25) is 10.0 Å². The Bertz CT molecular complexity index is 1180. The lowest BCUT2D eigenvalue weighted by atomic mass is 10.1. The molecule has 0 fully saturated rings. The van der Waals surface area contributed by atoms with Crippen LogP contribution in [0.4, 0.5) is 5.69 Å². The second-order valence-corrected chi connectivity index (χ2v) is 7.75. The van der Waals surface area contributed by atoms with E-state index in [1.807, 2.05) is 6.92 Å². The Morgan fingerprint density at radius 3 is 2.55 bits per heavy atom. The van der Waals surface area contributed by atoms with Crippen molar-refractivity contribution in [2.45, 2.75) is 20.2 Å². The molecule has 0 unspecified atom stereocenters. The molecule has 0 spiro atoms. The van der Waals surface area contributed by atoms with Crippen LogP contribution >= 0.6 is 23.2 Å². The van der Waals surface area contributed by atoms with Gasteiger partial charge in [-0.1, -0.05) is 59.1 Å². The number of aryl methyl sites for hydroxylation is 1. The first-order valence-corrected chi connectivity index (χ1v) is 10.2. The molecule has 4 rings (SSSR count). The highest BCUT2D eigenvalue weighted by Crippen LogP contribution is 2.32. The van der Waals surface area contributed by atoms with Gasteiger partial charge in [0.15, 0.2) is 18.2 Å². The van der Waals surface area contributed by atoms with Crippen LogP contribution in [0.25, 0.3) is 0 Å². The van der Waals surface area contributed by atoms with Gasteiger partial charge < -0.3 is 10.1 Å². The molecule has 0 bridgehead atoms. The minimum absolute atomic E-state index is 0.0607. The second-order valence-electron chi connectivity index (χ2n) is 6.93. The second kappa shape index (κ2) is 9.24. The van der Waals surface area contributed by atoms with Crippen molar-refractivity contribution >= 4 is 34.8 Å². The third-order valence-corrected chi connectivity index (χ3v) is 5.08. The van der Waals surface area contributed by atoms with E-state index in [0.29, 0.717) is 28.0 Å². The average Bonchev–Trinajstić information content (AvgIpc) is 3.39. The van der Waals surface area contributed by atoms with Gasteiger partial charge in [0.2, 0.25) is 0 Å². The number of nitrogens with one attached hydrogen (secondary N) is 1. The molecule has 1 amide bonds. The zero-order valence-corrected chi connectivity index (χ0v) is 18.1. The number of halogens is 2. The van der Waals surface area contributed by atoms with Crippen LogP contribution in [0.15, 0.2) is 67.1 Å². The molecule has 0 aliphatic heterocycles. The molecule has 158 valence electrons. The van der Waals surface area contributed by atoms with E-state index in [4.69, 9.17) is 27.9 Å². The van der Waals surface area contributed by atoms with Crippen LogP contribution in [0.1, 0.15) is 21.6 Å². The normalized spacial score (nSPS) is 10.8. The van der Waals surface area contributed by atoms with Crippen molar-refractivity contribution in [3.8, 4) is 5.75 Å². The molecular formula is C22H19Cl2N5O2. The first-order valence-electron chi connectivity index (χ1n) is 9.47. The molecule has 0 radical (unpaired) electrons. The van der Waals surface area contributed by atoms with E-state index in [-0.39, 0.29) is 18.3 Å². The fourth-order valence-electron chi connectivity index (χ4n) is 2.90. The number of hydrogen-bond donors (Lipinski definition) is 1. The van der Waals surface area contributed by atoms with Crippen LogP contribution in [-0.2, 0) is 13.3 Å². The van der Waals surface area contributed by atoms with Crippen molar-refractivity contribution in [2.75, 3.05) is 5.32 Å². The minimum atomic E-state index is -0.343. The lowest BCUT2D eigenvalue weighted by Crippen LogP contribution is -2.14. The van der Waals surface area contributed by atoms with Crippen molar-refractivity contribution in [1.82, 2.24) is 19.6 Å². The van der Waals surface area contributed by atoms with Gasteiger partial charge in [-0.25, -0.2) is 4.68 Å². The fourth-order valence-corrected chi connectivity index (χ4v) is 3.40. The van der Waals surface area contributed by atoms with Crippen LogP contribution in [0, 0.1) is 6.92 Å². The Morgan fingerprint density at radius 1 is 1.06 bits per heavy atom. The zero-order valence-electron chi connectivity index (χ0n) is 16.6. The van der Waals surface area contributed by atoms with Crippen LogP contribution in [0.3, 0.4) is 0 Å². The number of ether oxygens (including phenoxy) is 1. The molecule has 2 aromatic heterocycles. The highest BCUT2D eigenvalue weighted by atomic mass is 35.5. The SMILES string of the molecule is Cc1ccc(Cn2cc(NC(=O)c3ccn(COc4c(Cl)cccc4Cl)n3)cn2)cc1. The van der Waals surface area contributed by atoms with Crippen molar-refractivity contribution in [3.05, 3.63) is 94.0 Å². The predicted octanol–water partition coefficient (Wildman–Crippen LogP) is 5.03. The number of benzene rings is 2. The smallest absolute Gasteiger partial charge is 0.276 e. The molecule has 2 heterocycles. The number of rotatable bonds is 7. The number of nitrogens with zero attached hydrogens (tertiary/aromatic N) is 4. The molecule has 0 saturated heterocycles. The van der Waals surface area contributed by atoms with Crippen LogP contribution < -0.4 is 10.1 Å². The first-order chi connectivity index (χ1) is 15.0. The summed E-state index contributed by atoms with van der Waals surface area (Å²) in [6.07, 6.45) is 5.02. The topological polar surface area (TPSA) is 74.0 Å². The van der Waals surface area contributed by atoms with E-state index in [1.54, 1.807) is 47.5 Å². The Hall–Kier alpha value is -3.29. The summed E-state index contributed by atoms with van der Waals surface area (Å²) in [5.41, 5.74) is 3.17. The van der Waals surface area contributed by atoms with Crippen molar-refractivity contribution in [3.63, 3.8) is 0 Å². The summed E-state index contributed by atoms with van der Waals surface area (Å²) >= 11 is 12.2. The third kappa shape index (κ3) is 5.25. The summed E-state index contributed by atoms with van der Waals surface area (Å²) < 4.78 is 8.87. The molecule has 2 aromatic carbocycles. The van der Waals surface area contributed by atoms with Gasteiger partial charge in [-0.05, 0) is 30.7 Å². The van der Waals surface area contributed by atoms with Crippen LogP contribution in [-0.4, -0.2) is 25.5 Å². The quantitative estimate of drug-likeness (QED) is 0.423. The van der Waals surface area contributed by atoms with Crippen LogP contribution in [0.5, 0.6) is 5.75 Å². The van der Waals surface area contributed by atoms with Crippen molar-refractivity contribution in [2.24, 2.45) is 0 Å². The zero-order chi connectivity index (χ0) is 21.8. The first kappa shape index (κ1) is 21.0. The summed E-state index contributed by atoms with van der Waals surface area (Å²) in [6.45, 7) is 2.72. The average molecular weight is 456 g/mol. The Morgan fingerprint density at radius 2 is 1.81 bits per heavy atom. The molecule has 7 nitrogen and oxygen atoms in total. The number of carbonyl (C=O) groups excluding carboxylic acids is 1. The van der Waals surface area contributed by atoms with E-state index in [0.717, 1.165) is 5.56 Å². The Kier molecular flexibility index (Phi) is 6.25. The number of hydrogen-bond acceptors (Lipinski definition) is 4. The maximum absolute atomic E-state index is 12.5. The van der Waals surface area contributed by atoms with E-state index < -0.39 is 0 Å². The molecule has 9 heteroatoms. The largest absolute Gasteiger partial charge is 0.468 e.